The van der Waals surface area contributed by atoms with Crippen LogP contribution in [-0.4, -0.2) is 28.8 Å². The lowest BCUT2D eigenvalue weighted by atomic mass is 9.98. The molecule has 1 heterocycles. The number of aromatic nitrogens is 1. The number of amides is 1. The van der Waals surface area contributed by atoms with Crippen LogP contribution in [0.1, 0.15) is 27.5 Å². The highest BCUT2D eigenvalue weighted by molar-refractivity contribution is 7.19. The monoisotopic (exact) mass is 460 g/mol. The lowest BCUT2D eigenvalue weighted by molar-refractivity contribution is 0.0692. The summed E-state index contributed by atoms with van der Waals surface area (Å²) in [6.07, 6.45) is -0.742. The normalized spacial score (nSPS) is 12.2. The number of hydrogen-bond donors (Lipinski definition) is 2. The summed E-state index contributed by atoms with van der Waals surface area (Å²) in [6.45, 7) is 0.119. The third-order valence-electron chi connectivity index (χ3n) is 5.47. The number of carboxylic acid groups (broad SMARTS) is 1. The Morgan fingerprint density at radius 2 is 1.67 bits per heavy atom. The maximum atomic E-state index is 13.6. The molecule has 8 heteroatoms. The highest BCUT2D eigenvalue weighted by Crippen LogP contribution is 2.44. The second-order valence-corrected chi connectivity index (χ2v) is 8.46. The largest absolute Gasteiger partial charge is 0.476 e. The van der Waals surface area contributed by atoms with Gasteiger partial charge < -0.3 is 9.84 Å². The summed E-state index contributed by atoms with van der Waals surface area (Å²) < 4.78 is 19.1. The van der Waals surface area contributed by atoms with E-state index in [1.165, 1.54) is 18.2 Å². The van der Waals surface area contributed by atoms with E-state index in [1.807, 2.05) is 48.5 Å². The van der Waals surface area contributed by atoms with Crippen molar-refractivity contribution in [2.75, 3.05) is 11.9 Å². The van der Waals surface area contributed by atoms with Crippen LogP contribution in [0, 0.1) is 5.82 Å². The summed E-state index contributed by atoms with van der Waals surface area (Å²) in [5.41, 5.74) is 4.51. The van der Waals surface area contributed by atoms with E-state index < -0.39 is 17.9 Å². The summed E-state index contributed by atoms with van der Waals surface area (Å²) >= 11 is 0.943. The van der Waals surface area contributed by atoms with Gasteiger partial charge in [-0.05, 0) is 39.9 Å². The molecular formula is C25H17FN2O4S. The van der Waals surface area contributed by atoms with Crippen molar-refractivity contribution in [2.45, 2.75) is 5.92 Å². The van der Waals surface area contributed by atoms with Crippen LogP contribution in [0.15, 0.2) is 72.8 Å². The number of benzene rings is 3. The molecule has 1 aromatic heterocycles. The first kappa shape index (κ1) is 20.8. The summed E-state index contributed by atoms with van der Waals surface area (Å²) in [6, 6.07) is 21.5. The average Bonchev–Trinajstić information content (AvgIpc) is 3.37. The van der Waals surface area contributed by atoms with E-state index in [1.54, 1.807) is 6.07 Å². The molecule has 0 atom stereocenters. The van der Waals surface area contributed by atoms with Crippen LogP contribution in [0.4, 0.5) is 14.3 Å². The summed E-state index contributed by atoms with van der Waals surface area (Å²) in [4.78, 5) is 28.4. The van der Waals surface area contributed by atoms with Crippen molar-refractivity contribution in [3.8, 4) is 21.6 Å². The fourth-order valence-corrected chi connectivity index (χ4v) is 5.00. The first-order chi connectivity index (χ1) is 16.0. The minimum absolute atomic E-state index is 0.0592. The number of carboxylic acids is 1. The number of thiazole rings is 1. The molecule has 0 fully saturated rings. The van der Waals surface area contributed by atoms with Gasteiger partial charge in [-0.3, -0.25) is 5.32 Å². The average molecular weight is 460 g/mol. The molecule has 0 saturated carbocycles. The maximum Gasteiger partial charge on any atom is 0.413 e. The molecule has 0 unspecified atom stereocenters. The van der Waals surface area contributed by atoms with Gasteiger partial charge in [0.2, 0.25) is 0 Å². The van der Waals surface area contributed by atoms with E-state index >= 15 is 0 Å². The molecule has 4 aromatic rings. The van der Waals surface area contributed by atoms with Gasteiger partial charge in [-0.1, -0.05) is 72.0 Å². The zero-order chi connectivity index (χ0) is 22.9. The van der Waals surface area contributed by atoms with Crippen molar-refractivity contribution >= 4 is 28.5 Å². The Morgan fingerprint density at radius 1 is 1.00 bits per heavy atom. The van der Waals surface area contributed by atoms with Crippen molar-refractivity contribution in [3.05, 3.63) is 95.4 Å². The van der Waals surface area contributed by atoms with Gasteiger partial charge >= 0.3 is 12.1 Å². The number of hydrogen-bond acceptors (Lipinski definition) is 5. The highest BCUT2D eigenvalue weighted by atomic mass is 32.1. The number of ether oxygens (including phenoxy) is 1. The number of nitrogens with one attached hydrogen (secondary N) is 1. The van der Waals surface area contributed by atoms with Gasteiger partial charge in [0.15, 0.2) is 10.8 Å². The summed E-state index contributed by atoms with van der Waals surface area (Å²) in [5.74, 6) is -1.87. The zero-order valence-corrected chi connectivity index (χ0v) is 17.9. The lowest BCUT2D eigenvalue weighted by Gasteiger charge is -2.14. The quantitative estimate of drug-likeness (QED) is 0.381. The molecule has 0 aliphatic heterocycles. The van der Waals surface area contributed by atoms with Crippen LogP contribution in [0.5, 0.6) is 0 Å². The van der Waals surface area contributed by atoms with E-state index in [4.69, 9.17) is 4.74 Å². The van der Waals surface area contributed by atoms with Gasteiger partial charge in [0.25, 0.3) is 0 Å². The van der Waals surface area contributed by atoms with E-state index in [2.05, 4.69) is 10.3 Å². The molecule has 0 spiro atoms. The first-order valence-corrected chi connectivity index (χ1v) is 10.9. The molecule has 3 aromatic carbocycles. The van der Waals surface area contributed by atoms with Crippen LogP contribution in [0.2, 0.25) is 0 Å². The van der Waals surface area contributed by atoms with Crippen molar-refractivity contribution in [1.82, 2.24) is 4.98 Å². The van der Waals surface area contributed by atoms with Gasteiger partial charge in [-0.15, -0.1) is 0 Å². The number of rotatable bonds is 5. The standard InChI is InChI=1S/C25H17FN2O4S/c26-15-7-5-6-14(12-15)22-21(23(29)30)27-24(33-22)28-25(31)32-13-20-18-10-3-1-8-16(18)17-9-2-4-11-19(17)20/h1-12,20H,13H2,(H,29,30)(H,27,28,31). The minimum atomic E-state index is -1.27. The Labute approximate surface area is 192 Å². The number of halogens is 1. The van der Waals surface area contributed by atoms with Crippen molar-refractivity contribution < 1.29 is 23.8 Å². The van der Waals surface area contributed by atoms with Gasteiger partial charge in [0.05, 0.1) is 4.88 Å². The molecular weight excluding hydrogens is 443 g/mol. The Kier molecular flexibility index (Phi) is 5.35. The second kappa shape index (κ2) is 8.48. The van der Waals surface area contributed by atoms with Crippen molar-refractivity contribution in [2.24, 2.45) is 0 Å². The van der Waals surface area contributed by atoms with Crippen LogP contribution >= 0.6 is 11.3 Å². The molecule has 0 saturated heterocycles. The maximum absolute atomic E-state index is 13.6. The molecule has 0 bridgehead atoms. The smallest absolute Gasteiger partial charge is 0.413 e. The van der Waals surface area contributed by atoms with Crippen molar-refractivity contribution in [1.29, 1.82) is 0 Å². The minimum Gasteiger partial charge on any atom is -0.476 e. The van der Waals surface area contributed by atoms with Crippen LogP contribution in [0.3, 0.4) is 0 Å². The molecule has 1 aliphatic rings. The predicted octanol–water partition coefficient (Wildman–Crippen LogP) is 6.01. The van der Waals surface area contributed by atoms with Gasteiger partial charge in [-0.2, -0.15) is 0 Å². The fraction of sp³-hybridized carbons (Fsp3) is 0.0800. The molecule has 1 aliphatic carbocycles. The van der Waals surface area contributed by atoms with Gasteiger partial charge in [-0.25, -0.2) is 19.0 Å². The summed E-state index contributed by atoms with van der Waals surface area (Å²) in [5, 5.41) is 12.0. The van der Waals surface area contributed by atoms with E-state index in [0.717, 1.165) is 33.6 Å². The van der Waals surface area contributed by atoms with E-state index in [0.29, 0.717) is 5.56 Å². The number of carbonyl (C=O) groups excluding carboxylic acids is 1. The second-order valence-electron chi connectivity index (χ2n) is 7.46. The first-order valence-electron chi connectivity index (χ1n) is 10.1. The molecule has 2 N–H and O–H groups in total. The number of anilines is 1. The Hall–Kier alpha value is -4.04. The van der Waals surface area contributed by atoms with Gasteiger partial charge in [0, 0.05) is 5.92 Å². The highest BCUT2D eigenvalue weighted by Gasteiger charge is 2.29. The van der Waals surface area contributed by atoms with E-state index in [-0.39, 0.29) is 28.2 Å². The number of aromatic carboxylic acids is 1. The zero-order valence-electron chi connectivity index (χ0n) is 17.1. The number of carbonyl (C=O) groups is 2. The molecule has 6 nitrogen and oxygen atoms in total. The third kappa shape index (κ3) is 3.96. The molecule has 1 amide bonds. The SMILES string of the molecule is O=C(Nc1nc(C(=O)O)c(-c2cccc(F)c2)s1)OCC1c2ccccc2-c2ccccc21. The van der Waals surface area contributed by atoms with Crippen LogP contribution < -0.4 is 5.32 Å². The Balaban J connectivity index is 1.33. The molecule has 0 radical (unpaired) electrons. The van der Waals surface area contributed by atoms with Gasteiger partial charge in [0.1, 0.15) is 12.4 Å². The van der Waals surface area contributed by atoms with E-state index in [9.17, 15) is 19.1 Å². The Morgan fingerprint density at radius 3 is 2.30 bits per heavy atom. The third-order valence-corrected chi connectivity index (χ3v) is 6.49. The Bertz CT molecular complexity index is 1340. The topological polar surface area (TPSA) is 88.5 Å². The molecule has 33 heavy (non-hydrogen) atoms. The number of nitrogens with zero attached hydrogens (tertiary/aromatic N) is 1. The predicted molar refractivity (Wildman–Crippen MR) is 123 cm³/mol. The molecule has 164 valence electrons. The van der Waals surface area contributed by atoms with Crippen LogP contribution in [0.25, 0.3) is 21.6 Å². The van der Waals surface area contributed by atoms with Crippen molar-refractivity contribution in [3.63, 3.8) is 0 Å². The number of fused-ring (bicyclic) bond motifs is 3. The molecule has 5 rings (SSSR count). The fourth-order valence-electron chi connectivity index (χ4n) is 4.07. The van der Waals surface area contributed by atoms with Crippen LogP contribution in [-0.2, 0) is 4.74 Å². The summed E-state index contributed by atoms with van der Waals surface area (Å²) in [7, 11) is 0. The lowest BCUT2D eigenvalue weighted by Crippen LogP contribution is -2.18.